The molecule has 0 aliphatic carbocycles. The molecule has 0 aromatic carbocycles. The smallest absolute Gasteiger partial charge is 0.239 e. The zero-order valence-electron chi connectivity index (χ0n) is 11.6. The summed E-state index contributed by atoms with van der Waals surface area (Å²) in [6.45, 7) is 4.18. The minimum Gasteiger partial charge on any atom is -0.255 e. The lowest BCUT2D eigenvalue weighted by Gasteiger charge is -2.03. The molecule has 0 spiro atoms. The van der Waals surface area contributed by atoms with Gasteiger partial charge in [0.1, 0.15) is 4.90 Å². The van der Waals surface area contributed by atoms with Gasteiger partial charge in [-0.05, 0) is 37.5 Å². The molecule has 1 rings (SSSR count). The Balaban J connectivity index is 2.62. The van der Waals surface area contributed by atoms with Crippen LogP contribution in [0.25, 0.3) is 5.57 Å². The minimum atomic E-state index is -3.65. The van der Waals surface area contributed by atoms with Gasteiger partial charge in [-0.3, -0.25) is 4.98 Å². The SMILES string of the molecule is CCCCCCC=C(C)c1ccc(S(N)(=O)=O)cn1. The van der Waals surface area contributed by atoms with Crippen LogP contribution in [0.1, 0.15) is 51.6 Å². The summed E-state index contributed by atoms with van der Waals surface area (Å²) in [5, 5.41) is 5.03. The van der Waals surface area contributed by atoms with E-state index in [1.807, 2.05) is 6.92 Å². The van der Waals surface area contributed by atoms with Gasteiger partial charge < -0.3 is 0 Å². The average molecular weight is 282 g/mol. The van der Waals surface area contributed by atoms with Gasteiger partial charge >= 0.3 is 0 Å². The maximum atomic E-state index is 11.1. The fraction of sp³-hybridized carbons (Fsp3) is 0.500. The predicted octanol–water partition coefficient (Wildman–Crippen LogP) is 3.10. The van der Waals surface area contributed by atoms with Crippen LogP contribution in [-0.4, -0.2) is 13.4 Å². The predicted molar refractivity (Wildman–Crippen MR) is 78.0 cm³/mol. The van der Waals surface area contributed by atoms with Crippen LogP contribution in [0.4, 0.5) is 0 Å². The summed E-state index contributed by atoms with van der Waals surface area (Å²) < 4.78 is 22.2. The van der Waals surface area contributed by atoms with Crippen molar-refractivity contribution in [2.75, 3.05) is 0 Å². The second kappa shape index (κ2) is 7.40. The van der Waals surface area contributed by atoms with Gasteiger partial charge in [0, 0.05) is 6.20 Å². The van der Waals surface area contributed by atoms with Gasteiger partial charge in [0.2, 0.25) is 10.0 Å². The molecular formula is C14H22N2O2S. The molecule has 0 radical (unpaired) electrons. The molecule has 0 saturated carbocycles. The van der Waals surface area contributed by atoms with Crippen LogP contribution in [0.3, 0.4) is 0 Å². The molecule has 1 aromatic rings. The summed E-state index contributed by atoms with van der Waals surface area (Å²) in [4.78, 5) is 4.18. The van der Waals surface area contributed by atoms with Crippen molar-refractivity contribution in [2.45, 2.75) is 50.8 Å². The highest BCUT2D eigenvalue weighted by atomic mass is 32.2. The van der Waals surface area contributed by atoms with Crippen molar-refractivity contribution in [3.63, 3.8) is 0 Å². The molecule has 0 unspecified atom stereocenters. The molecule has 0 atom stereocenters. The standard InChI is InChI=1S/C14H22N2O2S/c1-3-4-5-6-7-8-12(2)14-10-9-13(11-16-14)19(15,17)18/h8-11H,3-7H2,1-2H3,(H2,15,17,18). The van der Waals surface area contributed by atoms with Gasteiger partial charge in [-0.25, -0.2) is 13.6 Å². The first kappa shape index (κ1) is 15.9. The van der Waals surface area contributed by atoms with E-state index in [9.17, 15) is 8.42 Å². The maximum absolute atomic E-state index is 11.1. The molecule has 0 amide bonds. The van der Waals surface area contributed by atoms with Crippen molar-refractivity contribution in [1.29, 1.82) is 0 Å². The van der Waals surface area contributed by atoms with Gasteiger partial charge in [-0.2, -0.15) is 0 Å². The first-order valence-corrected chi connectivity index (χ1v) is 8.15. The van der Waals surface area contributed by atoms with Crippen LogP contribution < -0.4 is 5.14 Å². The van der Waals surface area contributed by atoms with Crippen LogP contribution in [0.15, 0.2) is 29.3 Å². The first-order chi connectivity index (χ1) is 8.95. The van der Waals surface area contributed by atoms with Crippen LogP contribution in [0, 0.1) is 0 Å². The monoisotopic (exact) mass is 282 g/mol. The van der Waals surface area contributed by atoms with E-state index in [-0.39, 0.29) is 4.90 Å². The van der Waals surface area contributed by atoms with Crippen molar-refractivity contribution in [1.82, 2.24) is 4.98 Å². The molecule has 0 saturated heterocycles. The number of nitrogens with two attached hydrogens (primary N) is 1. The van der Waals surface area contributed by atoms with Crippen molar-refractivity contribution >= 4 is 15.6 Å². The molecule has 1 heterocycles. The number of hydrogen-bond acceptors (Lipinski definition) is 3. The van der Waals surface area contributed by atoms with E-state index in [0.29, 0.717) is 0 Å². The fourth-order valence-corrected chi connectivity index (χ4v) is 2.23. The second-order valence-corrected chi connectivity index (χ2v) is 6.22. The van der Waals surface area contributed by atoms with Crippen LogP contribution in [0.2, 0.25) is 0 Å². The number of aromatic nitrogens is 1. The van der Waals surface area contributed by atoms with E-state index in [0.717, 1.165) is 17.7 Å². The van der Waals surface area contributed by atoms with Crippen molar-refractivity contribution in [3.05, 3.63) is 30.1 Å². The van der Waals surface area contributed by atoms with Crippen LogP contribution >= 0.6 is 0 Å². The lowest BCUT2D eigenvalue weighted by Crippen LogP contribution is -2.12. The number of hydrogen-bond donors (Lipinski definition) is 1. The molecular weight excluding hydrogens is 260 g/mol. The third-order valence-electron chi connectivity index (χ3n) is 2.98. The van der Waals surface area contributed by atoms with Crippen molar-refractivity contribution in [2.24, 2.45) is 5.14 Å². The zero-order chi connectivity index (χ0) is 14.3. The van der Waals surface area contributed by atoms with Gasteiger partial charge in [-0.15, -0.1) is 0 Å². The summed E-state index contributed by atoms with van der Waals surface area (Å²) in [6, 6.07) is 3.18. The number of rotatable bonds is 7. The Labute approximate surface area is 115 Å². The Hall–Kier alpha value is -1.20. The zero-order valence-corrected chi connectivity index (χ0v) is 12.4. The Morgan fingerprint density at radius 2 is 2.05 bits per heavy atom. The summed E-state index contributed by atoms with van der Waals surface area (Å²) in [6.07, 6.45) is 9.42. The molecule has 0 fully saturated rings. The largest absolute Gasteiger partial charge is 0.255 e. The average Bonchev–Trinajstić information content (AvgIpc) is 2.37. The molecule has 1 aromatic heterocycles. The van der Waals surface area contributed by atoms with Gasteiger partial charge in [0.25, 0.3) is 0 Å². The minimum absolute atomic E-state index is 0.0481. The molecule has 0 bridgehead atoms. The maximum Gasteiger partial charge on any atom is 0.239 e. The number of nitrogens with zero attached hydrogens (tertiary/aromatic N) is 1. The summed E-state index contributed by atoms with van der Waals surface area (Å²) in [5.41, 5.74) is 1.86. The topological polar surface area (TPSA) is 73.1 Å². The van der Waals surface area contributed by atoms with Crippen molar-refractivity contribution < 1.29 is 8.42 Å². The summed E-state index contributed by atoms with van der Waals surface area (Å²) in [5.74, 6) is 0. The van der Waals surface area contributed by atoms with Crippen LogP contribution in [-0.2, 0) is 10.0 Å². The number of primary sulfonamides is 1. The number of sulfonamides is 1. The van der Waals surface area contributed by atoms with Gasteiger partial charge in [0.05, 0.1) is 5.69 Å². The van der Waals surface area contributed by atoms with E-state index in [2.05, 4.69) is 18.0 Å². The van der Waals surface area contributed by atoms with E-state index in [1.165, 1.54) is 37.9 Å². The van der Waals surface area contributed by atoms with Gasteiger partial charge in [0.15, 0.2) is 0 Å². The lowest BCUT2D eigenvalue weighted by molar-refractivity contribution is 0.597. The Bertz CT molecular complexity index is 519. The Kier molecular flexibility index (Phi) is 6.18. The molecule has 2 N–H and O–H groups in total. The lowest BCUT2D eigenvalue weighted by atomic mass is 10.1. The number of allylic oxidation sites excluding steroid dienone is 2. The quantitative estimate of drug-likeness (QED) is 0.781. The molecule has 106 valence electrons. The summed E-state index contributed by atoms with van der Waals surface area (Å²) >= 11 is 0. The molecule has 0 aliphatic rings. The van der Waals surface area contributed by atoms with E-state index < -0.39 is 10.0 Å². The third-order valence-corrected chi connectivity index (χ3v) is 3.88. The van der Waals surface area contributed by atoms with E-state index in [1.54, 1.807) is 6.07 Å². The molecule has 0 aliphatic heterocycles. The molecule has 19 heavy (non-hydrogen) atoms. The van der Waals surface area contributed by atoms with E-state index in [4.69, 9.17) is 5.14 Å². The molecule has 4 nitrogen and oxygen atoms in total. The summed E-state index contributed by atoms with van der Waals surface area (Å²) in [7, 11) is -3.65. The third kappa shape index (κ3) is 5.53. The Morgan fingerprint density at radius 1 is 1.32 bits per heavy atom. The highest BCUT2D eigenvalue weighted by Gasteiger charge is 2.07. The number of pyridine rings is 1. The van der Waals surface area contributed by atoms with Gasteiger partial charge in [-0.1, -0.05) is 32.3 Å². The normalized spacial score (nSPS) is 12.7. The highest BCUT2D eigenvalue weighted by Crippen LogP contribution is 2.15. The van der Waals surface area contributed by atoms with Crippen molar-refractivity contribution in [3.8, 4) is 0 Å². The second-order valence-electron chi connectivity index (χ2n) is 4.66. The molecule has 5 heteroatoms. The van der Waals surface area contributed by atoms with Crippen LogP contribution in [0.5, 0.6) is 0 Å². The first-order valence-electron chi connectivity index (χ1n) is 6.61. The number of unbranched alkanes of at least 4 members (excludes halogenated alkanes) is 4. The Morgan fingerprint density at radius 3 is 2.58 bits per heavy atom. The fourth-order valence-electron chi connectivity index (χ4n) is 1.78. The highest BCUT2D eigenvalue weighted by molar-refractivity contribution is 7.89. The van der Waals surface area contributed by atoms with E-state index >= 15 is 0 Å².